The van der Waals surface area contributed by atoms with E-state index in [4.69, 9.17) is 4.74 Å². The second kappa shape index (κ2) is 6.25. The maximum atomic E-state index is 12.3. The number of carbonyl (C=O) groups is 1. The predicted octanol–water partition coefficient (Wildman–Crippen LogP) is 3.17. The van der Waals surface area contributed by atoms with Crippen molar-refractivity contribution in [2.75, 3.05) is 0 Å². The minimum atomic E-state index is -0.0173. The van der Waals surface area contributed by atoms with E-state index in [1.807, 2.05) is 0 Å². The smallest absolute Gasteiger partial charge is 0.323 e. The number of hydrogen-bond donors (Lipinski definition) is 1. The molecule has 108 valence electrons. The molecule has 0 aromatic heterocycles. The molecule has 0 aromatic rings. The van der Waals surface area contributed by atoms with E-state index in [2.05, 4.69) is 5.32 Å². The van der Waals surface area contributed by atoms with Gasteiger partial charge < -0.3 is 10.1 Å². The lowest BCUT2D eigenvalue weighted by atomic mass is 9.85. The first-order valence-corrected chi connectivity index (χ1v) is 8.29. The van der Waals surface area contributed by atoms with Gasteiger partial charge in [-0.2, -0.15) is 0 Å². The van der Waals surface area contributed by atoms with Crippen LogP contribution in [0.4, 0.5) is 0 Å². The molecule has 1 aliphatic heterocycles. The Kier molecular flexibility index (Phi) is 4.42. The molecule has 2 saturated carbocycles. The Hall–Kier alpha value is -0.570. The van der Waals surface area contributed by atoms with Crippen LogP contribution >= 0.6 is 0 Å². The van der Waals surface area contributed by atoms with Gasteiger partial charge in [0.05, 0.1) is 0 Å². The number of rotatable bonds is 2. The Morgan fingerprint density at radius 1 is 0.895 bits per heavy atom. The summed E-state index contributed by atoms with van der Waals surface area (Å²) in [6.07, 6.45) is 13.6. The van der Waals surface area contributed by atoms with Gasteiger partial charge in [-0.25, -0.2) is 0 Å². The fourth-order valence-corrected chi connectivity index (χ4v) is 4.11. The molecule has 1 saturated heterocycles. The molecule has 3 rings (SSSR count). The van der Waals surface area contributed by atoms with E-state index in [1.54, 1.807) is 0 Å². The summed E-state index contributed by atoms with van der Waals surface area (Å²) < 4.78 is 5.76. The third-order valence-electron chi connectivity index (χ3n) is 5.23. The van der Waals surface area contributed by atoms with Crippen molar-refractivity contribution in [3.05, 3.63) is 0 Å². The molecule has 3 heteroatoms. The van der Waals surface area contributed by atoms with Gasteiger partial charge in [-0.05, 0) is 50.9 Å². The van der Waals surface area contributed by atoms with Crippen LogP contribution in [0.25, 0.3) is 0 Å². The van der Waals surface area contributed by atoms with Crippen LogP contribution in [-0.4, -0.2) is 24.2 Å². The molecule has 0 amide bonds. The lowest BCUT2D eigenvalue weighted by molar-refractivity contribution is -0.151. The SMILES string of the molecule is O=C(OC1CCCCCC1)C1CC2CCCCC2N1. The normalized spacial score (nSPS) is 36.5. The molecular weight excluding hydrogens is 238 g/mol. The van der Waals surface area contributed by atoms with Gasteiger partial charge in [-0.1, -0.05) is 25.7 Å². The Morgan fingerprint density at radius 2 is 1.58 bits per heavy atom. The van der Waals surface area contributed by atoms with Crippen LogP contribution in [0.1, 0.15) is 70.6 Å². The van der Waals surface area contributed by atoms with Crippen molar-refractivity contribution in [3.63, 3.8) is 0 Å². The van der Waals surface area contributed by atoms with E-state index in [-0.39, 0.29) is 18.1 Å². The Balaban J connectivity index is 1.50. The first kappa shape index (κ1) is 13.4. The summed E-state index contributed by atoms with van der Waals surface area (Å²) in [4.78, 5) is 12.3. The standard InChI is InChI=1S/C16H27NO2/c18-16(19-13-8-3-1-2-4-9-13)15-11-12-7-5-6-10-14(12)17-15/h12-15,17H,1-11H2. The highest BCUT2D eigenvalue weighted by Gasteiger charge is 2.39. The summed E-state index contributed by atoms with van der Waals surface area (Å²) in [5, 5.41) is 3.52. The zero-order chi connectivity index (χ0) is 13.1. The summed E-state index contributed by atoms with van der Waals surface area (Å²) >= 11 is 0. The molecule has 1 heterocycles. The van der Waals surface area contributed by atoms with Crippen molar-refractivity contribution in [2.45, 2.75) is 88.8 Å². The second-order valence-corrected chi connectivity index (χ2v) is 6.66. The van der Waals surface area contributed by atoms with Gasteiger partial charge in [0, 0.05) is 6.04 Å². The van der Waals surface area contributed by atoms with Crippen LogP contribution in [0.2, 0.25) is 0 Å². The monoisotopic (exact) mass is 265 g/mol. The van der Waals surface area contributed by atoms with Gasteiger partial charge in [0.15, 0.2) is 0 Å². The molecule has 3 unspecified atom stereocenters. The molecule has 2 aliphatic carbocycles. The maximum Gasteiger partial charge on any atom is 0.323 e. The van der Waals surface area contributed by atoms with Gasteiger partial charge in [-0.3, -0.25) is 4.79 Å². The third-order valence-corrected chi connectivity index (χ3v) is 5.23. The second-order valence-electron chi connectivity index (χ2n) is 6.66. The first-order chi connectivity index (χ1) is 9.33. The molecule has 0 spiro atoms. The summed E-state index contributed by atoms with van der Waals surface area (Å²) in [6, 6.07) is 0.566. The lowest BCUT2D eigenvalue weighted by Gasteiger charge is -2.24. The third kappa shape index (κ3) is 3.31. The van der Waals surface area contributed by atoms with Crippen LogP contribution in [-0.2, 0) is 9.53 Å². The van der Waals surface area contributed by atoms with Gasteiger partial charge in [-0.15, -0.1) is 0 Å². The fourth-order valence-electron chi connectivity index (χ4n) is 4.11. The molecule has 3 atom stereocenters. The quantitative estimate of drug-likeness (QED) is 0.615. The topological polar surface area (TPSA) is 38.3 Å². The summed E-state index contributed by atoms with van der Waals surface area (Å²) in [5.41, 5.74) is 0. The molecule has 0 radical (unpaired) electrons. The van der Waals surface area contributed by atoms with Crippen LogP contribution in [0.5, 0.6) is 0 Å². The van der Waals surface area contributed by atoms with Crippen LogP contribution in [0.3, 0.4) is 0 Å². The van der Waals surface area contributed by atoms with E-state index < -0.39 is 0 Å². The van der Waals surface area contributed by atoms with Gasteiger partial charge >= 0.3 is 5.97 Å². The zero-order valence-corrected chi connectivity index (χ0v) is 11.9. The van der Waals surface area contributed by atoms with Crippen molar-refractivity contribution < 1.29 is 9.53 Å². The Labute approximate surface area is 116 Å². The van der Waals surface area contributed by atoms with Crippen LogP contribution < -0.4 is 5.32 Å². The van der Waals surface area contributed by atoms with Gasteiger partial charge in [0.2, 0.25) is 0 Å². The van der Waals surface area contributed by atoms with E-state index >= 15 is 0 Å². The average Bonchev–Trinajstić information content (AvgIpc) is 2.70. The molecule has 0 bridgehead atoms. The largest absolute Gasteiger partial charge is 0.461 e. The minimum absolute atomic E-state index is 0.0173. The fraction of sp³-hybridized carbons (Fsp3) is 0.938. The number of esters is 1. The maximum absolute atomic E-state index is 12.3. The minimum Gasteiger partial charge on any atom is -0.461 e. The highest BCUT2D eigenvalue weighted by molar-refractivity contribution is 5.76. The van der Waals surface area contributed by atoms with Crippen molar-refractivity contribution in [1.82, 2.24) is 5.32 Å². The van der Waals surface area contributed by atoms with Crippen molar-refractivity contribution in [1.29, 1.82) is 0 Å². The summed E-state index contributed by atoms with van der Waals surface area (Å²) in [6.45, 7) is 0. The van der Waals surface area contributed by atoms with E-state index in [9.17, 15) is 4.79 Å². The highest BCUT2D eigenvalue weighted by atomic mass is 16.5. The van der Waals surface area contributed by atoms with Gasteiger partial charge in [0.1, 0.15) is 12.1 Å². The Bertz CT molecular complexity index is 296. The molecule has 3 fully saturated rings. The van der Waals surface area contributed by atoms with Crippen LogP contribution in [0, 0.1) is 5.92 Å². The average molecular weight is 265 g/mol. The number of hydrogen-bond acceptors (Lipinski definition) is 3. The summed E-state index contributed by atoms with van der Waals surface area (Å²) in [7, 11) is 0. The van der Waals surface area contributed by atoms with E-state index in [0.29, 0.717) is 6.04 Å². The highest BCUT2D eigenvalue weighted by Crippen LogP contribution is 2.33. The molecule has 3 aliphatic rings. The van der Waals surface area contributed by atoms with Crippen molar-refractivity contribution in [3.8, 4) is 0 Å². The number of nitrogens with one attached hydrogen (secondary N) is 1. The first-order valence-electron chi connectivity index (χ1n) is 8.29. The number of carbonyl (C=O) groups excluding carboxylic acids is 1. The lowest BCUT2D eigenvalue weighted by Crippen LogP contribution is -2.39. The molecule has 19 heavy (non-hydrogen) atoms. The van der Waals surface area contributed by atoms with Crippen LogP contribution in [0.15, 0.2) is 0 Å². The molecule has 1 N–H and O–H groups in total. The Morgan fingerprint density at radius 3 is 2.32 bits per heavy atom. The predicted molar refractivity (Wildman–Crippen MR) is 74.9 cm³/mol. The van der Waals surface area contributed by atoms with Gasteiger partial charge in [0.25, 0.3) is 0 Å². The summed E-state index contributed by atoms with van der Waals surface area (Å²) in [5.74, 6) is 0.752. The molecular formula is C16H27NO2. The number of fused-ring (bicyclic) bond motifs is 1. The van der Waals surface area contributed by atoms with E-state index in [1.165, 1.54) is 51.4 Å². The number of ether oxygens (including phenoxy) is 1. The molecule has 0 aromatic carbocycles. The van der Waals surface area contributed by atoms with Crippen molar-refractivity contribution in [2.24, 2.45) is 5.92 Å². The zero-order valence-electron chi connectivity index (χ0n) is 11.9. The molecule has 3 nitrogen and oxygen atoms in total. The van der Waals surface area contributed by atoms with Crippen molar-refractivity contribution >= 4 is 5.97 Å². The van der Waals surface area contributed by atoms with E-state index in [0.717, 1.165) is 25.2 Å².